The second-order valence-corrected chi connectivity index (χ2v) is 4.38. The molecule has 2 aromatic rings. The van der Waals surface area contributed by atoms with Crippen molar-refractivity contribution in [2.24, 2.45) is 0 Å². The largest absolute Gasteiger partial charge is 0.369 e. The molecule has 0 aliphatic rings. The Hall–Kier alpha value is -2.31. The van der Waals surface area contributed by atoms with E-state index in [1.165, 1.54) is 17.0 Å². The summed E-state index contributed by atoms with van der Waals surface area (Å²) in [5, 5.41) is 2.73. The fourth-order valence-electron chi connectivity index (χ4n) is 1.79. The number of amides is 2. The van der Waals surface area contributed by atoms with Gasteiger partial charge >= 0.3 is 6.03 Å². The van der Waals surface area contributed by atoms with Crippen LogP contribution >= 0.6 is 0 Å². The summed E-state index contributed by atoms with van der Waals surface area (Å²) >= 11 is 0. The molecule has 1 aromatic carbocycles. The maximum absolute atomic E-state index is 13.1. The van der Waals surface area contributed by atoms with Crippen LogP contribution in [0, 0.1) is 5.82 Å². The van der Waals surface area contributed by atoms with Crippen LogP contribution < -0.4 is 11.1 Å². The lowest BCUT2D eigenvalue weighted by atomic mass is 10.3. The number of hydrogen-bond acceptors (Lipinski definition) is 3. The summed E-state index contributed by atoms with van der Waals surface area (Å²) < 4.78 is 14.8. The maximum atomic E-state index is 13.1. The van der Waals surface area contributed by atoms with Crippen LogP contribution in [0.1, 0.15) is 0 Å². The molecule has 0 radical (unpaired) electrons. The van der Waals surface area contributed by atoms with Gasteiger partial charge < -0.3 is 20.5 Å². The first-order chi connectivity index (χ1) is 8.99. The molecule has 1 heterocycles. The van der Waals surface area contributed by atoms with Crippen molar-refractivity contribution in [3.8, 4) is 0 Å². The van der Waals surface area contributed by atoms with E-state index in [2.05, 4.69) is 10.3 Å². The maximum Gasteiger partial charge on any atom is 0.316 e. The highest BCUT2D eigenvalue weighted by atomic mass is 19.1. The normalized spacial score (nSPS) is 10.7. The molecule has 19 heavy (non-hydrogen) atoms. The van der Waals surface area contributed by atoms with E-state index in [9.17, 15) is 9.18 Å². The number of imidazole rings is 1. The van der Waals surface area contributed by atoms with E-state index < -0.39 is 0 Å². The van der Waals surface area contributed by atoms with Crippen LogP contribution in [0.2, 0.25) is 0 Å². The first-order valence-electron chi connectivity index (χ1n) is 5.85. The Kier molecular flexibility index (Phi) is 3.55. The molecule has 2 rings (SSSR count). The van der Waals surface area contributed by atoms with Crippen molar-refractivity contribution in [3.63, 3.8) is 0 Å². The lowest BCUT2D eigenvalue weighted by Gasteiger charge is -2.12. The van der Waals surface area contributed by atoms with E-state index in [0.717, 1.165) is 5.52 Å². The number of hydrogen-bond donors (Lipinski definition) is 2. The molecule has 0 unspecified atom stereocenters. The number of nitrogen functional groups attached to an aromatic ring is 1. The Morgan fingerprint density at radius 1 is 1.53 bits per heavy atom. The van der Waals surface area contributed by atoms with Crippen molar-refractivity contribution in [2.75, 3.05) is 26.4 Å². The molecule has 0 saturated heterocycles. The van der Waals surface area contributed by atoms with Gasteiger partial charge in [0.15, 0.2) is 0 Å². The molecule has 3 N–H and O–H groups in total. The molecule has 6 nitrogen and oxygen atoms in total. The van der Waals surface area contributed by atoms with Gasteiger partial charge in [0.05, 0.1) is 11.0 Å². The Morgan fingerprint density at radius 2 is 2.26 bits per heavy atom. The van der Waals surface area contributed by atoms with Crippen molar-refractivity contribution < 1.29 is 9.18 Å². The second-order valence-electron chi connectivity index (χ2n) is 4.38. The topological polar surface area (TPSA) is 76.2 Å². The van der Waals surface area contributed by atoms with Gasteiger partial charge in [-0.2, -0.15) is 0 Å². The molecule has 0 atom stereocenters. The number of aromatic nitrogens is 2. The average Bonchev–Trinajstić information content (AvgIpc) is 2.64. The molecular formula is C12H16FN5O. The summed E-state index contributed by atoms with van der Waals surface area (Å²) in [6.07, 6.45) is 0. The third-order valence-electron chi connectivity index (χ3n) is 2.76. The number of anilines is 1. The van der Waals surface area contributed by atoms with E-state index in [4.69, 9.17) is 5.73 Å². The zero-order valence-electron chi connectivity index (χ0n) is 10.9. The highest BCUT2D eigenvalue weighted by molar-refractivity contribution is 5.78. The van der Waals surface area contributed by atoms with Gasteiger partial charge in [-0.15, -0.1) is 0 Å². The predicted octanol–water partition coefficient (Wildman–Crippen LogP) is 1.03. The van der Waals surface area contributed by atoms with Crippen LogP contribution in [0.3, 0.4) is 0 Å². The first-order valence-corrected chi connectivity index (χ1v) is 5.85. The Labute approximate surface area is 110 Å². The minimum absolute atomic E-state index is 0.172. The minimum atomic E-state index is -0.349. The van der Waals surface area contributed by atoms with Gasteiger partial charge in [0.2, 0.25) is 5.95 Å². The molecule has 0 bridgehead atoms. The number of rotatable bonds is 3. The summed E-state index contributed by atoms with van der Waals surface area (Å²) in [5.41, 5.74) is 7.05. The van der Waals surface area contributed by atoms with Gasteiger partial charge in [0, 0.05) is 33.3 Å². The minimum Gasteiger partial charge on any atom is -0.369 e. The van der Waals surface area contributed by atoms with Crippen LogP contribution in [0.15, 0.2) is 18.2 Å². The quantitative estimate of drug-likeness (QED) is 0.870. The molecule has 0 aliphatic heterocycles. The van der Waals surface area contributed by atoms with Crippen molar-refractivity contribution in [1.82, 2.24) is 19.8 Å². The number of benzene rings is 1. The number of fused-ring (bicyclic) bond motifs is 1. The molecule has 2 amide bonds. The summed E-state index contributed by atoms with van der Waals surface area (Å²) in [7, 11) is 3.33. The number of nitrogens with two attached hydrogens (primary N) is 1. The van der Waals surface area contributed by atoms with Gasteiger partial charge in [-0.3, -0.25) is 0 Å². The molecule has 0 fully saturated rings. The SMILES string of the molecule is CN(C)C(=O)NCCn1c(N)nc2cc(F)ccc21. The molecule has 7 heteroatoms. The summed E-state index contributed by atoms with van der Waals surface area (Å²) in [4.78, 5) is 16.9. The number of nitrogens with one attached hydrogen (secondary N) is 1. The first kappa shape index (κ1) is 13.1. The predicted molar refractivity (Wildman–Crippen MR) is 71.2 cm³/mol. The number of carbonyl (C=O) groups excluding carboxylic acids is 1. The van der Waals surface area contributed by atoms with E-state index in [1.54, 1.807) is 24.7 Å². The van der Waals surface area contributed by atoms with E-state index in [1.807, 2.05) is 0 Å². The number of nitrogens with zero attached hydrogens (tertiary/aromatic N) is 3. The van der Waals surface area contributed by atoms with Crippen molar-refractivity contribution >= 4 is 23.0 Å². The number of urea groups is 1. The number of halogens is 1. The molecule has 1 aromatic heterocycles. The van der Waals surface area contributed by atoms with Crippen molar-refractivity contribution in [3.05, 3.63) is 24.0 Å². The van der Waals surface area contributed by atoms with E-state index in [0.29, 0.717) is 24.6 Å². The van der Waals surface area contributed by atoms with Gasteiger partial charge in [0.1, 0.15) is 5.82 Å². The fraction of sp³-hybridized carbons (Fsp3) is 0.333. The smallest absolute Gasteiger partial charge is 0.316 e. The third kappa shape index (κ3) is 2.75. The highest BCUT2D eigenvalue weighted by Crippen LogP contribution is 2.18. The Balaban J connectivity index is 2.12. The van der Waals surface area contributed by atoms with Crippen molar-refractivity contribution in [2.45, 2.75) is 6.54 Å². The summed E-state index contributed by atoms with van der Waals surface area (Å²) in [5.74, 6) is -0.0437. The fourth-order valence-corrected chi connectivity index (χ4v) is 1.79. The van der Waals surface area contributed by atoms with Gasteiger partial charge in [-0.05, 0) is 12.1 Å². The molecule has 102 valence electrons. The molecule has 0 spiro atoms. The van der Waals surface area contributed by atoms with Crippen LogP contribution in [-0.4, -0.2) is 41.1 Å². The average molecular weight is 265 g/mol. The van der Waals surface area contributed by atoms with Crippen LogP contribution in [0.25, 0.3) is 11.0 Å². The molecule has 0 saturated carbocycles. The second kappa shape index (κ2) is 5.13. The standard InChI is InChI=1S/C12H16FN5O/c1-17(2)12(19)15-5-6-18-10-4-3-8(13)7-9(10)16-11(18)14/h3-4,7H,5-6H2,1-2H3,(H2,14,16)(H,15,19). The van der Waals surface area contributed by atoms with Crippen LogP contribution in [0.4, 0.5) is 15.1 Å². The van der Waals surface area contributed by atoms with Crippen molar-refractivity contribution in [1.29, 1.82) is 0 Å². The number of carbonyl (C=O) groups is 1. The summed E-state index contributed by atoms with van der Waals surface area (Å²) in [6, 6.07) is 4.15. The monoisotopic (exact) mass is 265 g/mol. The summed E-state index contributed by atoms with van der Waals surface area (Å²) in [6.45, 7) is 0.900. The van der Waals surface area contributed by atoms with Gasteiger partial charge in [-0.25, -0.2) is 14.2 Å². The highest BCUT2D eigenvalue weighted by Gasteiger charge is 2.09. The Bertz CT molecular complexity index is 607. The lowest BCUT2D eigenvalue weighted by molar-refractivity contribution is 0.217. The van der Waals surface area contributed by atoms with Gasteiger partial charge in [-0.1, -0.05) is 0 Å². The Morgan fingerprint density at radius 3 is 2.95 bits per heavy atom. The molecule has 0 aliphatic carbocycles. The molecular weight excluding hydrogens is 249 g/mol. The van der Waals surface area contributed by atoms with Gasteiger partial charge in [0.25, 0.3) is 0 Å². The zero-order chi connectivity index (χ0) is 14.0. The third-order valence-corrected chi connectivity index (χ3v) is 2.76. The van der Waals surface area contributed by atoms with E-state index in [-0.39, 0.29) is 11.8 Å². The van der Waals surface area contributed by atoms with Crippen LogP contribution in [-0.2, 0) is 6.54 Å². The van der Waals surface area contributed by atoms with E-state index >= 15 is 0 Å². The lowest BCUT2D eigenvalue weighted by Crippen LogP contribution is -2.36. The van der Waals surface area contributed by atoms with Crippen LogP contribution in [0.5, 0.6) is 0 Å². The zero-order valence-corrected chi connectivity index (χ0v) is 10.9.